The maximum Gasteiger partial charge on any atom is 0.251 e. The second-order valence-corrected chi connectivity index (χ2v) is 6.04. The van der Waals surface area contributed by atoms with E-state index in [9.17, 15) is 4.79 Å². The second-order valence-electron chi connectivity index (χ2n) is 4.35. The summed E-state index contributed by atoms with van der Waals surface area (Å²) >= 11 is 6.64. The topological polar surface area (TPSA) is 55.1 Å². The van der Waals surface area contributed by atoms with Crippen LogP contribution < -0.4 is 11.1 Å². The van der Waals surface area contributed by atoms with Crippen molar-refractivity contribution in [2.45, 2.75) is 19.9 Å². The second kappa shape index (κ2) is 6.63. The number of thiophene rings is 1. The molecule has 0 spiro atoms. The first kappa shape index (κ1) is 14.7. The lowest BCUT2D eigenvalue weighted by Crippen LogP contribution is -2.22. The van der Waals surface area contributed by atoms with Crippen LogP contribution in [0.1, 0.15) is 32.6 Å². The Balaban J connectivity index is 2.01. The summed E-state index contributed by atoms with van der Waals surface area (Å²) in [5, 5.41) is 2.91. The minimum Gasteiger partial charge on any atom is -0.389 e. The zero-order valence-electron chi connectivity index (χ0n) is 11.2. The van der Waals surface area contributed by atoms with Gasteiger partial charge in [0, 0.05) is 20.9 Å². The van der Waals surface area contributed by atoms with Gasteiger partial charge in [0.2, 0.25) is 0 Å². The SMILES string of the molecule is CCc1ccc(CNC(=O)c2cccc(C(N)=S)c2)s1. The largest absolute Gasteiger partial charge is 0.389 e. The Hall–Kier alpha value is -1.72. The van der Waals surface area contributed by atoms with Gasteiger partial charge in [0.05, 0.1) is 6.54 Å². The van der Waals surface area contributed by atoms with Gasteiger partial charge in [-0.15, -0.1) is 11.3 Å². The fourth-order valence-electron chi connectivity index (χ4n) is 1.79. The molecule has 1 aromatic carbocycles. The molecule has 0 bridgehead atoms. The number of nitrogens with one attached hydrogen (secondary N) is 1. The maximum absolute atomic E-state index is 12.1. The van der Waals surface area contributed by atoms with Crippen LogP contribution in [0.15, 0.2) is 36.4 Å². The average Bonchev–Trinajstić information content (AvgIpc) is 2.93. The van der Waals surface area contributed by atoms with Gasteiger partial charge in [0.25, 0.3) is 5.91 Å². The van der Waals surface area contributed by atoms with E-state index in [1.54, 1.807) is 35.6 Å². The molecule has 2 aromatic rings. The Labute approximate surface area is 127 Å². The zero-order valence-corrected chi connectivity index (χ0v) is 12.8. The number of carbonyl (C=O) groups excluding carboxylic acids is 1. The highest BCUT2D eigenvalue weighted by Gasteiger charge is 2.07. The molecular formula is C15H16N2OS2. The Bertz CT molecular complexity index is 634. The third kappa shape index (κ3) is 3.65. The summed E-state index contributed by atoms with van der Waals surface area (Å²) in [4.78, 5) is 14.9. The highest BCUT2D eigenvalue weighted by atomic mass is 32.1. The molecule has 0 aliphatic carbocycles. The molecule has 0 radical (unpaired) electrons. The van der Waals surface area contributed by atoms with Crippen LogP contribution in [0.5, 0.6) is 0 Å². The Morgan fingerprint density at radius 2 is 1.95 bits per heavy atom. The van der Waals surface area contributed by atoms with Crippen LogP contribution in [-0.4, -0.2) is 10.9 Å². The van der Waals surface area contributed by atoms with Crippen LogP contribution in [0, 0.1) is 0 Å². The number of amides is 1. The average molecular weight is 304 g/mol. The number of nitrogens with two attached hydrogens (primary N) is 1. The molecule has 0 aliphatic heterocycles. The fraction of sp³-hybridized carbons (Fsp3) is 0.200. The molecule has 1 heterocycles. The number of hydrogen-bond acceptors (Lipinski definition) is 3. The van der Waals surface area contributed by atoms with E-state index in [0.29, 0.717) is 22.7 Å². The van der Waals surface area contributed by atoms with E-state index in [0.717, 1.165) is 11.3 Å². The van der Waals surface area contributed by atoms with Crippen LogP contribution in [-0.2, 0) is 13.0 Å². The Morgan fingerprint density at radius 1 is 1.25 bits per heavy atom. The number of carbonyl (C=O) groups is 1. The maximum atomic E-state index is 12.1. The summed E-state index contributed by atoms with van der Waals surface area (Å²) < 4.78 is 0. The van der Waals surface area contributed by atoms with Crippen molar-refractivity contribution < 1.29 is 4.79 Å². The molecule has 1 aromatic heterocycles. The predicted molar refractivity (Wildman–Crippen MR) is 87.2 cm³/mol. The minimum absolute atomic E-state index is 0.116. The molecule has 5 heteroatoms. The predicted octanol–water partition coefficient (Wildman–Crippen LogP) is 2.87. The summed E-state index contributed by atoms with van der Waals surface area (Å²) in [5.74, 6) is -0.116. The molecule has 1 amide bonds. The molecule has 0 atom stereocenters. The van der Waals surface area contributed by atoms with Crippen molar-refractivity contribution in [2.24, 2.45) is 5.73 Å². The van der Waals surface area contributed by atoms with Gasteiger partial charge >= 0.3 is 0 Å². The van der Waals surface area contributed by atoms with E-state index < -0.39 is 0 Å². The van der Waals surface area contributed by atoms with E-state index in [2.05, 4.69) is 24.4 Å². The van der Waals surface area contributed by atoms with Crippen molar-refractivity contribution in [1.29, 1.82) is 0 Å². The third-order valence-corrected chi connectivity index (χ3v) is 4.36. The van der Waals surface area contributed by atoms with Crippen LogP contribution in [0.4, 0.5) is 0 Å². The van der Waals surface area contributed by atoms with Crippen molar-refractivity contribution in [2.75, 3.05) is 0 Å². The lowest BCUT2D eigenvalue weighted by Gasteiger charge is -2.05. The summed E-state index contributed by atoms with van der Waals surface area (Å²) in [6.07, 6.45) is 1.02. The zero-order chi connectivity index (χ0) is 14.5. The van der Waals surface area contributed by atoms with Crippen LogP contribution in [0.25, 0.3) is 0 Å². The lowest BCUT2D eigenvalue weighted by molar-refractivity contribution is 0.0951. The standard InChI is InChI=1S/C15H16N2OS2/c1-2-12-6-7-13(20-12)9-17-15(18)11-5-3-4-10(8-11)14(16)19/h3-8H,2,9H2,1H3,(H2,16,19)(H,17,18). The molecule has 0 aliphatic rings. The van der Waals surface area contributed by atoms with Crippen molar-refractivity contribution in [3.8, 4) is 0 Å². The van der Waals surface area contributed by atoms with Crippen molar-refractivity contribution in [3.05, 3.63) is 57.3 Å². The summed E-state index contributed by atoms with van der Waals surface area (Å²) in [6, 6.07) is 11.2. The van der Waals surface area contributed by atoms with Crippen molar-refractivity contribution in [1.82, 2.24) is 5.32 Å². The molecule has 0 fully saturated rings. The van der Waals surface area contributed by atoms with Gasteiger partial charge in [0.15, 0.2) is 0 Å². The highest BCUT2D eigenvalue weighted by molar-refractivity contribution is 7.80. The van der Waals surface area contributed by atoms with Gasteiger partial charge in [-0.3, -0.25) is 4.79 Å². The van der Waals surface area contributed by atoms with E-state index in [4.69, 9.17) is 18.0 Å². The van der Waals surface area contributed by atoms with Gasteiger partial charge < -0.3 is 11.1 Å². The Kier molecular flexibility index (Phi) is 4.87. The first-order valence-corrected chi connectivity index (χ1v) is 7.58. The lowest BCUT2D eigenvalue weighted by atomic mass is 10.1. The number of rotatable bonds is 5. The number of hydrogen-bond donors (Lipinski definition) is 2. The van der Waals surface area contributed by atoms with Gasteiger partial charge in [-0.2, -0.15) is 0 Å². The van der Waals surface area contributed by atoms with Crippen molar-refractivity contribution >= 4 is 34.5 Å². The monoisotopic (exact) mass is 304 g/mol. The molecular weight excluding hydrogens is 288 g/mol. The van der Waals surface area contributed by atoms with Gasteiger partial charge in [-0.05, 0) is 30.7 Å². The van der Waals surface area contributed by atoms with Crippen LogP contribution >= 0.6 is 23.6 Å². The minimum atomic E-state index is -0.116. The van der Waals surface area contributed by atoms with Crippen LogP contribution in [0.2, 0.25) is 0 Å². The molecule has 0 saturated heterocycles. The molecule has 2 rings (SSSR count). The fourth-order valence-corrected chi connectivity index (χ4v) is 2.82. The van der Waals surface area contributed by atoms with E-state index in [1.807, 2.05) is 0 Å². The van der Waals surface area contributed by atoms with E-state index in [1.165, 1.54) is 4.88 Å². The molecule has 104 valence electrons. The number of aryl methyl sites for hydroxylation is 1. The third-order valence-electron chi connectivity index (χ3n) is 2.90. The first-order chi connectivity index (χ1) is 9.60. The van der Waals surface area contributed by atoms with Gasteiger partial charge in [-0.25, -0.2) is 0 Å². The first-order valence-electron chi connectivity index (χ1n) is 6.35. The van der Waals surface area contributed by atoms with Gasteiger partial charge in [0.1, 0.15) is 4.99 Å². The smallest absolute Gasteiger partial charge is 0.251 e. The quantitative estimate of drug-likeness (QED) is 0.835. The Morgan fingerprint density at radius 3 is 2.60 bits per heavy atom. The van der Waals surface area contributed by atoms with Crippen molar-refractivity contribution in [3.63, 3.8) is 0 Å². The number of benzene rings is 1. The number of thiocarbonyl (C=S) groups is 1. The van der Waals surface area contributed by atoms with Crippen LogP contribution in [0.3, 0.4) is 0 Å². The van der Waals surface area contributed by atoms with E-state index >= 15 is 0 Å². The summed E-state index contributed by atoms with van der Waals surface area (Å²) in [5.41, 5.74) is 6.84. The summed E-state index contributed by atoms with van der Waals surface area (Å²) in [6.45, 7) is 2.66. The normalized spacial score (nSPS) is 10.2. The van der Waals surface area contributed by atoms with Gasteiger partial charge in [-0.1, -0.05) is 31.3 Å². The summed E-state index contributed by atoms with van der Waals surface area (Å²) in [7, 11) is 0. The molecule has 0 saturated carbocycles. The molecule has 3 nitrogen and oxygen atoms in total. The molecule has 3 N–H and O–H groups in total. The van der Waals surface area contributed by atoms with E-state index in [-0.39, 0.29) is 5.91 Å². The molecule has 20 heavy (non-hydrogen) atoms. The molecule has 0 unspecified atom stereocenters. The highest BCUT2D eigenvalue weighted by Crippen LogP contribution is 2.16.